The summed E-state index contributed by atoms with van der Waals surface area (Å²) in [5, 5.41) is 1.37. The molecule has 0 saturated carbocycles. The number of likely N-dealkylation sites (N-methyl/N-ethyl adjacent to an activating group) is 1. The minimum absolute atomic E-state index is 0. The molecule has 1 aromatic rings. The number of nitrogens with two attached hydrogens (primary N) is 1. The molecule has 0 aliphatic rings. The van der Waals surface area contributed by atoms with Crippen molar-refractivity contribution in [3.8, 4) is 0 Å². The highest BCUT2D eigenvalue weighted by Gasteiger charge is 2.15. The Labute approximate surface area is 119 Å². The lowest BCUT2D eigenvalue weighted by Crippen LogP contribution is -2.34. The first kappa shape index (κ1) is 17.0. The summed E-state index contributed by atoms with van der Waals surface area (Å²) in [6, 6.07) is 5.98. The largest absolute Gasteiger partial charge is 0.327 e. The molecule has 1 aromatic carbocycles. The molecule has 98 valence electrons. The number of hydrogen-bond acceptors (Lipinski definition) is 2. The summed E-state index contributed by atoms with van der Waals surface area (Å²) < 4.78 is 0. The minimum atomic E-state index is 0. The van der Waals surface area contributed by atoms with E-state index in [9.17, 15) is 0 Å². The summed E-state index contributed by atoms with van der Waals surface area (Å²) in [6.07, 6.45) is 0. The lowest BCUT2D eigenvalue weighted by atomic mass is 10.1. The molecule has 1 rings (SSSR count). The monoisotopic (exact) mass is 296 g/mol. The van der Waals surface area contributed by atoms with Crippen molar-refractivity contribution in [3.63, 3.8) is 0 Å². The molecule has 2 nitrogen and oxygen atoms in total. The van der Waals surface area contributed by atoms with Gasteiger partial charge < -0.3 is 5.73 Å². The van der Waals surface area contributed by atoms with Crippen LogP contribution < -0.4 is 5.73 Å². The maximum atomic E-state index is 6.16. The van der Waals surface area contributed by atoms with Crippen LogP contribution in [0.25, 0.3) is 0 Å². The zero-order valence-electron chi connectivity index (χ0n) is 10.3. The van der Waals surface area contributed by atoms with Gasteiger partial charge in [-0.2, -0.15) is 0 Å². The zero-order valence-corrected chi connectivity index (χ0v) is 12.6. The Hall–Kier alpha value is 0.01000. The molecule has 0 saturated heterocycles. The van der Waals surface area contributed by atoms with Gasteiger partial charge in [0.25, 0.3) is 0 Å². The predicted octanol–water partition coefficient (Wildman–Crippen LogP) is 3.76. The second-order valence-corrected chi connectivity index (χ2v) is 5.10. The molecule has 0 spiro atoms. The van der Waals surface area contributed by atoms with Crippen LogP contribution in [0.15, 0.2) is 18.2 Å². The molecule has 0 aromatic heterocycles. The van der Waals surface area contributed by atoms with Crippen LogP contribution in [0.4, 0.5) is 0 Å². The van der Waals surface area contributed by atoms with Gasteiger partial charge >= 0.3 is 0 Å². The van der Waals surface area contributed by atoms with Gasteiger partial charge in [0, 0.05) is 28.7 Å². The normalized spacial score (nSPS) is 14.3. The van der Waals surface area contributed by atoms with Crippen LogP contribution in [0.1, 0.15) is 25.5 Å². The van der Waals surface area contributed by atoms with Gasteiger partial charge in [0.1, 0.15) is 0 Å². The van der Waals surface area contributed by atoms with Crippen molar-refractivity contribution in [3.05, 3.63) is 33.8 Å². The van der Waals surface area contributed by atoms with Crippen molar-refractivity contribution in [1.82, 2.24) is 4.90 Å². The fourth-order valence-corrected chi connectivity index (χ4v) is 2.26. The predicted molar refractivity (Wildman–Crippen MR) is 78.4 cm³/mol. The topological polar surface area (TPSA) is 29.3 Å². The van der Waals surface area contributed by atoms with Crippen LogP contribution in [0.5, 0.6) is 0 Å². The molecule has 2 N–H and O–H groups in total. The molecular weight excluding hydrogens is 279 g/mol. The minimum Gasteiger partial charge on any atom is -0.327 e. The molecule has 0 bridgehead atoms. The highest BCUT2D eigenvalue weighted by Crippen LogP contribution is 2.28. The van der Waals surface area contributed by atoms with Crippen LogP contribution >= 0.6 is 35.6 Å². The number of benzene rings is 1. The highest BCUT2D eigenvalue weighted by molar-refractivity contribution is 6.35. The van der Waals surface area contributed by atoms with Crippen molar-refractivity contribution in [2.45, 2.75) is 25.9 Å². The number of rotatable bonds is 4. The average molecular weight is 298 g/mol. The van der Waals surface area contributed by atoms with E-state index in [0.717, 1.165) is 12.1 Å². The van der Waals surface area contributed by atoms with Crippen molar-refractivity contribution in [2.24, 2.45) is 5.73 Å². The molecule has 0 fully saturated rings. The number of hydrogen-bond donors (Lipinski definition) is 1. The maximum absolute atomic E-state index is 6.16. The Morgan fingerprint density at radius 2 is 1.88 bits per heavy atom. The second-order valence-electron chi connectivity index (χ2n) is 4.26. The van der Waals surface area contributed by atoms with Crippen LogP contribution in [0, 0.1) is 0 Å². The summed E-state index contributed by atoms with van der Waals surface area (Å²) in [7, 11) is 2.04. The molecular formula is C12H19Cl3N2. The van der Waals surface area contributed by atoms with Gasteiger partial charge in [-0.1, -0.05) is 29.3 Å². The van der Waals surface area contributed by atoms with Crippen LogP contribution in [-0.2, 0) is 0 Å². The van der Waals surface area contributed by atoms with Gasteiger partial charge in [0.05, 0.1) is 0 Å². The van der Waals surface area contributed by atoms with E-state index in [1.165, 1.54) is 0 Å². The van der Waals surface area contributed by atoms with Gasteiger partial charge in [0.15, 0.2) is 0 Å². The SMILES string of the molecule is CC(N)CN(C)C(C)c1ccc(Cl)cc1Cl.Cl. The Kier molecular flexibility index (Phi) is 7.45. The van der Waals surface area contributed by atoms with Gasteiger partial charge in [-0.3, -0.25) is 4.90 Å². The summed E-state index contributed by atoms with van der Waals surface area (Å²) >= 11 is 12.0. The molecule has 17 heavy (non-hydrogen) atoms. The Bertz CT molecular complexity index is 356. The summed E-state index contributed by atoms with van der Waals surface area (Å²) in [5.74, 6) is 0. The summed E-state index contributed by atoms with van der Waals surface area (Å²) in [6.45, 7) is 4.93. The van der Waals surface area contributed by atoms with Crippen molar-refractivity contribution in [2.75, 3.05) is 13.6 Å². The molecule has 0 aliphatic carbocycles. The summed E-state index contributed by atoms with van der Waals surface area (Å²) in [5.41, 5.74) is 6.85. The van der Waals surface area contributed by atoms with E-state index < -0.39 is 0 Å². The quantitative estimate of drug-likeness (QED) is 0.917. The van der Waals surface area contributed by atoms with Crippen molar-refractivity contribution in [1.29, 1.82) is 0 Å². The molecule has 0 amide bonds. The Balaban J connectivity index is 0.00000256. The first-order chi connectivity index (χ1) is 7.41. The first-order valence-electron chi connectivity index (χ1n) is 5.32. The van der Waals surface area contributed by atoms with E-state index in [1.807, 2.05) is 26.1 Å². The van der Waals surface area contributed by atoms with Gasteiger partial charge in [0.2, 0.25) is 0 Å². The van der Waals surface area contributed by atoms with Gasteiger partial charge in [-0.25, -0.2) is 0 Å². The fraction of sp³-hybridized carbons (Fsp3) is 0.500. The van der Waals surface area contributed by atoms with Crippen LogP contribution in [-0.4, -0.2) is 24.5 Å². The smallest absolute Gasteiger partial charge is 0.0468 e. The Morgan fingerprint density at radius 3 is 2.35 bits per heavy atom. The second kappa shape index (κ2) is 7.45. The zero-order chi connectivity index (χ0) is 12.3. The third-order valence-corrected chi connectivity index (χ3v) is 3.21. The summed E-state index contributed by atoms with van der Waals surface area (Å²) in [4.78, 5) is 2.18. The highest BCUT2D eigenvalue weighted by atomic mass is 35.5. The lowest BCUT2D eigenvalue weighted by Gasteiger charge is -2.27. The standard InChI is InChI=1S/C12H18Cl2N2.ClH/c1-8(15)7-16(3)9(2)11-5-4-10(13)6-12(11)14;/h4-6,8-9H,7,15H2,1-3H3;1H. The van der Waals surface area contributed by atoms with Crippen molar-refractivity contribution >= 4 is 35.6 Å². The van der Waals surface area contributed by atoms with E-state index in [1.54, 1.807) is 6.07 Å². The molecule has 0 radical (unpaired) electrons. The van der Waals surface area contributed by atoms with Gasteiger partial charge in [-0.05, 0) is 38.6 Å². The Morgan fingerprint density at radius 1 is 1.29 bits per heavy atom. The molecule has 2 unspecified atom stereocenters. The lowest BCUT2D eigenvalue weighted by molar-refractivity contribution is 0.249. The fourth-order valence-electron chi connectivity index (χ4n) is 1.69. The van der Waals surface area contributed by atoms with Crippen LogP contribution in [0.2, 0.25) is 10.0 Å². The van der Waals surface area contributed by atoms with Crippen LogP contribution in [0.3, 0.4) is 0 Å². The third kappa shape index (κ3) is 5.02. The molecule has 0 heterocycles. The molecule has 2 atom stereocenters. The molecule has 5 heteroatoms. The van der Waals surface area contributed by atoms with E-state index in [2.05, 4.69) is 11.8 Å². The molecule has 0 aliphatic heterocycles. The van der Waals surface area contributed by atoms with E-state index >= 15 is 0 Å². The van der Waals surface area contributed by atoms with E-state index in [4.69, 9.17) is 28.9 Å². The van der Waals surface area contributed by atoms with Gasteiger partial charge in [-0.15, -0.1) is 12.4 Å². The number of nitrogens with zero attached hydrogens (tertiary/aromatic N) is 1. The maximum Gasteiger partial charge on any atom is 0.0468 e. The van der Waals surface area contributed by atoms with E-state index in [-0.39, 0.29) is 24.5 Å². The third-order valence-electron chi connectivity index (χ3n) is 2.65. The van der Waals surface area contributed by atoms with E-state index in [0.29, 0.717) is 10.0 Å². The average Bonchev–Trinajstić information content (AvgIpc) is 2.15. The number of halogens is 3. The van der Waals surface area contributed by atoms with Crippen molar-refractivity contribution < 1.29 is 0 Å². The first-order valence-corrected chi connectivity index (χ1v) is 6.08.